The van der Waals surface area contributed by atoms with E-state index in [1.165, 1.54) is 19.0 Å². The third-order valence-electron chi connectivity index (χ3n) is 6.81. The number of likely N-dealkylation sites (tertiary alicyclic amines) is 1. The topological polar surface area (TPSA) is 117 Å². The molecule has 1 saturated heterocycles. The second-order valence-electron chi connectivity index (χ2n) is 9.38. The Morgan fingerprint density at radius 3 is 2.78 bits per heavy atom. The zero-order chi connectivity index (χ0) is 24.9. The maximum Gasteiger partial charge on any atom is 0.161 e. The molecule has 0 amide bonds. The van der Waals surface area contributed by atoms with E-state index < -0.39 is 5.82 Å². The van der Waals surface area contributed by atoms with E-state index in [0.717, 1.165) is 36.6 Å². The highest BCUT2D eigenvalue weighted by molar-refractivity contribution is 5.94. The van der Waals surface area contributed by atoms with Crippen LogP contribution in [0.15, 0.2) is 49.4 Å². The average molecular weight is 495 g/mol. The third-order valence-corrected chi connectivity index (χ3v) is 6.81. The third kappa shape index (κ3) is 3.75. The van der Waals surface area contributed by atoms with E-state index in [2.05, 4.69) is 40.0 Å². The van der Waals surface area contributed by atoms with Crippen LogP contribution in [-0.4, -0.2) is 62.7 Å². The summed E-state index contributed by atoms with van der Waals surface area (Å²) in [6.45, 7) is 4.89. The Balaban J connectivity index is 1.31. The maximum atomic E-state index is 16.1. The molecule has 37 heavy (non-hydrogen) atoms. The number of halogens is 1. The number of aromatic amines is 2. The number of hydrogen-bond donors (Lipinski definition) is 2. The second-order valence-corrected chi connectivity index (χ2v) is 9.38. The van der Waals surface area contributed by atoms with Gasteiger partial charge in [0.2, 0.25) is 0 Å². The summed E-state index contributed by atoms with van der Waals surface area (Å²) < 4.78 is 17.9. The summed E-state index contributed by atoms with van der Waals surface area (Å²) in [5, 5.41) is 7.46. The average Bonchev–Trinajstić information content (AvgIpc) is 3.70. The van der Waals surface area contributed by atoms with Crippen LogP contribution < -0.4 is 0 Å². The Morgan fingerprint density at radius 2 is 1.95 bits per heavy atom. The first-order chi connectivity index (χ1) is 18.1. The number of fused-ring (bicyclic) bond motifs is 2. The van der Waals surface area contributed by atoms with Crippen LogP contribution >= 0.6 is 0 Å². The van der Waals surface area contributed by atoms with Gasteiger partial charge in [0.25, 0.3) is 0 Å². The minimum Gasteiger partial charge on any atom is -0.321 e. The summed E-state index contributed by atoms with van der Waals surface area (Å²) in [6, 6.07) is 3.85. The fourth-order valence-electron chi connectivity index (χ4n) is 5.02. The molecule has 0 unspecified atom stereocenters. The zero-order valence-corrected chi connectivity index (χ0v) is 20.1. The summed E-state index contributed by atoms with van der Waals surface area (Å²) in [4.78, 5) is 27.9. The Labute approximate surface area is 210 Å². The molecule has 0 saturated carbocycles. The normalized spacial score (nSPS) is 14.3. The van der Waals surface area contributed by atoms with Gasteiger partial charge in [-0.3, -0.25) is 15.0 Å². The molecule has 1 aliphatic heterocycles. The van der Waals surface area contributed by atoms with Crippen molar-refractivity contribution in [2.24, 2.45) is 0 Å². The fourth-order valence-corrected chi connectivity index (χ4v) is 5.02. The van der Waals surface area contributed by atoms with Crippen molar-refractivity contribution in [3.8, 4) is 28.3 Å². The first-order valence-corrected chi connectivity index (χ1v) is 12.2. The molecule has 6 aromatic rings. The van der Waals surface area contributed by atoms with E-state index in [0.29, 0.717) is 39.5 Å². The molecule has 0 radical (unpaired) electrons. The molecule has 184 valence electrons. The standard InChI is InChI=1S/C26H23FN10/c1-15-12-37(14-31-15)19-4-5-29-25-22(19)32-26(33-25)23-20-21(27)18(11-30-24(20)35-34-23)17-8-16(9-28-10-17)13-36-6-2-3-7-36/h4-5,8-12,14H,2-3,6-7,13H2,1H3,(H,29,32,33)(H,30,34,35). The van der Waals surface area contributed by atoms with E-state index in [4.69, 9.17) is 4.98 Å². The summed E-state index contributed by atoms with van der Waals surface area (Å²) in [6.07, 6.45) is 12.8. The SMILES string of the molecule is Cc1cn(-c2ccnc3[nH]c(-c4n[nH]c5ncc(-c6cncc(CN7CCCC7)c6)c(F)c45)nc23)cn1. The molecule has 0 atom stereocenters. The Bertz CT molecular complexity index is 1760. The number of aromatic nitrogens is 9. The van der Waals surface area contributed by atoms with Crippen LogP contribution in [0.4, 0.5) is 4.39 Å². The van der Waals surface area contributed by atoms with Crippen LogP contribution in [0.2, 0.25) is 0 Å². The molecule has 11 heteroatoms. The van der Waals surface area contributed by atoms with E-state index in [-0.39, 0.29) is 5.39 Å². The van der Waals surface area contributed by atoms with Crippen molar-refractivity contribution in [1.29, 1.82) is 0 Å². The van der Waals surface area contributed by atoms with Gasteiger partial charge in [0.05, 0.1) is 23.1 Å². The van der Waals surface area contributed by atoms with Crippen molar-refractivity contribution in [1.82, 2.24) is 49.6 Å². The maximum absolute atomic E-state index is 16.1. The van der Waals surface area contributed by atoms with Crippen molar-refractivity contribution < 1.29 is 4.39 Å². The van der Waals surface area contributed by atoms with Crippen molar-refractivity contribution in [3.63, 3.8) is 0 Å². The molecule has 1 fully saturated rings. The van der Waals surface area contributed by atoms with Gasteiger partial charge in [-0.2, -0.15) is 5.10 Å². The van der Waals surface area contributed by atoms with Gasteiger partial charge in [-0.05, 0) is 50.6 Å². The lowest BCUT2D eigenvalue weighted by Gasteiger charge is -2.15. The Morgan fingerprint density at radius 1 is 1.05 bits per heavy atom. The largest absolute Gasteiger partial charge is 0.321 e. The summed E-state index contributed by atoms with van der Waals surface area (Å²) in [5.41, 5.74) is 5.69. The van der Waals surface area contributed by atoms with Gasteiger partial charge in [-0.15, -0.1) is 0 Å². The van der Waals surface area contributed by atoms with Crippen molar-refractivity contribution >= 4 is 22.2 Å². The van der Waals surface area contributed by atoms with Crippen LogP contribution in [0.1, 0.15) is 24.1 Å². The number of nitrogens with one attached hydrogen (secondary N) is 2. The number of pyridine rings is 3. The van der Waals surface area contributed by atoms with Crippen molar-refractivity contribution in [2.75, 3.05) is 13.1 Å². The molecule has 2 N–H and O–H groups in total. The molecule has 0 bridgehead atoms. The smallest absolute Gasteiger partial charge is 0.161 e. The quantitative estimate of drug-likeness (QED) is 0.369. The number of hydrogen-bond acceptors (Lipinski definition) is 7. The highest BCUT2D eigenvalue weighted by Crippen LogP contribution is 2.33. The van der Waals surface area contributed by atoms with Crippen LogP contribution in [0.3, 0.4) is 0 Å². The molecule has 7 heterocycles. The van der Waals surface area contributed by atoms with E-state index >= 15 is 4.39 Å². The fraction of sp³-hybridized carbons (Fsp3) is 0.231. The predicted molar refractivity (Wildman–Crippen MR) is 136 cm³/mol. The highest BCUT2D eigenvalue weighted by Gasteiger charge is 2.22. The summed E-state index contributed by atoms with van der Waals surface area (Å²) in [5.74, 6) is -0.0236. The highest BCUT2D eigenvalue weighted by atomic mass is 19.1. The molecule has 0 aromatic carbocycles. The molecule has 6 aromatic heterocycles. The van der Waals surface area contributed by atoms with Gasteiger partial charge < -0.3 is 9.55 Å². The zero-order valence-electron chi connectivity index (χ0n) is 20.1. The van der Waals surface area contributed by atoms with E-state index in [1.54, 1.807) is 18.7 Å². The lowest BCUT2D eigenvalue weighted by molar-refractivity contribution is 0.331. The minimum absolute atomic E-state index is 0.265. The molecule has 0 spiro atoms. The van der Waals surface area contributed by atoms with Gasteiger partial charge in [-0.25, -0.2) is 24.3 Å². The summed E-state index contributed by atoms with van der Waals surface area (Å²) >= 11 is 0. The van der Waals surface area contributed by atoms with Gasteiger partial charge in [0.1, 0.15) is 17.0 Å². The first-order valence-electron chi connectivity index (χ1n) is 12.2. The number of aryl methyl sites for hydroxylation is 1. The number of imidazole rings is 2. The number of H-pyrrole nitrogens is 2. The van der Waals surface area contributed by atoms with Gasteiger partial charge in [-0.1, -0.05) is 0 Å². The lowest BCUT2D eigenvalue weighted by atomic mass is 10.0. The number of rotatable bonds is 5. The van der Waals surface area contributed by atoms with E-state index in [9.17, 15) is 0 Å². The Hall–Kier alpha value is -4.51. The minimum atomic E-state index is -0.423. The monoisotopic (exact) mass is 494 g/mol. The lowest BCUT2D eigenvalue weighted by Crippen LogP contribution is -2.18. The molecule has 7 rings (SSSR count). The predicted octanol–water partition coefficient (Wildman–Crippen LogP) is 4.19. The number of nitrogens with zero attached hydrogens (tertiary/aromatic N) is 8. The van der Waals surface area contributed by atoms with Crippen molar-refractivity contribution in [2.45, 2.75) is 26.3 Å². The molecular weight excluding hydrogens is 471 g/mol. The van der Waals surface area contributed by atoms with Gasteiger partial charge in [0.15, 0.2) is 17.1 Å². The molecule has 1 aliphatic rings. The molecule has 10 nitrogen and oxygen atoms in total. The van der Waals surface area contributed by atoms with Crippen LogP contribution in [0.25, 0.3) is 50.5 Å². The molecule has 0 aliphatic carbocycles. The first kappa shape index (κ1) is 21.7. The van der Waals surface area contributed by atoms with Crippen LogP contribution in [-0.2, 0) is 6.54 Å². The Kier molecular flexibility index (Phi) is 5.03. The van der Waals surface area contributed by atoms with Gasteiger partial charge >= 0.3 is 0 Å². The second kappa shape index (κ2) is 8.56. The van der Waals surface area contributed by atoms with Crippen LogP contribution in [0, 0.1) is 12.7 Å². The summed E-state index contributed by atoms with van der Waals surface area (Å²) in [7, 11) is 0. The molecular formula is C26H23FN10. The van der Waals surface area contributed by atoms with Crippen molar-refractivity contribution in [3.05, 3.63) is 66.5 Å². The van der Waals surface area contributed by atoms with Crippen LogP contribution in [0.5, 0.6) is 0 Å². The van der Waals surface area contributed by atoms with E-state index in [1.807, 2.05) is 36.0 Å². The van der Waals surface area contributed by atoms with Gasteiger partial charge in [0, 0.05) is 48.7 Å².